The zero-order chi connectivity index (χ0) is 15.6. The topological polar surface area (TPSA) is 61.6 Å². The van der Waals surface area contributed by atoms with Crippen molar-refractivity contribution in [1.82, 2.24) is 9.97 Å². The number of nitrogens with one attached hydrogen (secondary N) is 1. The lowest BCUT2D eigenvalue weighted by atomic mass is 10.2. The summed E-state index contributed by atoms with van der Waals surface area (Å²) in [7, 11) is 0. The molecule has 0 bridgehead atoms. The molecule has 2 aromatic rings. The maximum absolute atomic E-state index is 12.7. The van der Waals surface area contributed by atoms with E-state index in [9.17, 15) is 13.2 Å². The van der Waals surface area contributed by atoms with Gasteiger partial charge < -0.3 is 5.32 Å². The molecule has 0 fully saturated rings. The molecule has 0 aromatic carbocycles. The Balaban J connectivity index is 2.45. The number of aromatic nitrogens is 2. The maximum atomic E-state index is 12.7. The van der Waals surface area contributed by atoms with Crippen LogP contribution in [0.5, 0.6) is 0 Å². The van der Waals surface area contributed by atoms with E-state index in [1.54, 1.807) is 26.0 Å². The van der Waals surface area contributed by atoms with Crippen molar-refractivity contribution in [2.45, 2.75) is 20.0 Å². The number of halogens is 3. The summed E-state index contributed by atoms with van der Waals surface area (Å²) in [5, 5.41) is 11.7. The smallest absolute Gasteiger partial charge is 0.338 e. The van der Waals surface area contributed by atoms with Crippen molar-refractivity contribution >= 4 is 11.5 Å². The largest absolute Gasteiger partial charge is 0.433 e. The number of anilines is 2. The molecule has 0 aliphatic heterocycles. The Morgan fingerprint density at radius 3 is 2.38 bits per heavy atom. The van der Waals surface area contributed by atoms with Gasteiger partial charge in [0.05, 0.1) is 16.9 Å². The van der Waals surface area contributed by atoms with Crippen LogP contribution in [-0.4, -0.2) is 9.97 Å². The van der Waals surface area contributed by atoms with E-state index in [0.29, 0.717) is 11.4 Å². The molecule has 1 N–H and O–H groups in total. The van der Waals surface area contributed by atoms with Gasteiger partial charge in [0.1, 0.15) is 17.6 Å². The Hall–Kier alpha value is -2.62. The maximum Gasteiger partial charge on any atom is 0.433 e. The molecular formula is C14H11F3N4. The molecule has 0 saturated heterocycles. The summed E-state index contributed by atoms with van der Waals surface area (Å²) in [5.41, 5.74) is 0.877. The predicted molar refractivity (Wildman–Crippen MR) is 70.9 cm³/mol. The number of hydrogen-bond acceptors (Lipinski definition) is 4. The Morgan fingerprint density at radius 2 is 1.81 bits per heavy atom. The van der Waals surface area contributed by atoms with E-state index in [0.717, 1.165) is 17.8 Å². The third-order valence-corrected chi connectivity index (χ3v) is 2.78. The van der Waals surface area contributed by atoms with Crippen LogP contribution in [0.3, 0.4) is 0 Å². The molecule has 0 spiro atoms. The molecule has 7 heteroatoms. The summed E-state index contributed by atoms with van der Waals surface area (Å²) < 4.78 is 38.1. The Bertz CT molecular complexity index is 717. The highest BCUT2D eigenvalue weighted by molar-refractivity contribution is 5.64. The minimum atomic E-state index is -4.56. The van der Waals surface area contributed by atoms with Gasteiger partial charge in [0, 0.05) is 5.69 Å². The van der Waals surface area contributed by atoms with Gasteiger partial charge in [-0.3, -0.25) is 4.98 Å². The highest BCUT2D eigenvalue weighted by atomic mass is 19.4. The van der Waals surface area contributed by atoms with Crippen molar-refractivity contribution in [3.05, 3.63) is 46.9 Å². The van der Waals surface area contributed by atoms with Crippen LogP contribution in [0, 0.1) is 25.2 Å². The second kappa shape index (κ2) is 5.40. The lowest BCUT2D eigenvalue weighted by Crippen LogP contribution is -2.10. The Morgan fingerprint density at radius 1 is 1.10 bits per heavy atom. The van der Waals surface area contributed by atoms with Gasteiger partial charge in [-0.25, -0.2) is 4.98 Å². The highest BCUT2D eigenvalue weighted by Crippen LogP contribution is 2.30. The molecular weight excluding hydrogens is 281 g/mol. The molecule has 4 nitrogen and oxygen atoms in total. The van der Waals surface area contributed by atoms with Crippen LogP contribution in [0.1, 0.15) is 22.6 Å². The van der Waals surface area contributed by atoms with Crippen LogP contribution >= 0.6 is 0 Å². The number of aryl methyl sites for hydroxylation is 2. The average Bonchev–Trinajstić information content (AvgIpc) is 2.41. The molecule has 108 valence electrons. The highest BCUT2D eigenvalue weighted by Gasteiger charge is 2.33. The second-order valence-electron chi connectivity index (χ2n) is 4.41. The van der Waals surface area contributed by atoms with Crippen molar-refractivity contribution in [2.24, 2.45) is 0 Å². The van der Waals surface area contributed by atoms with E-state index in [1.807, 2.05) is 6.07 Å². The number of hydrogen-bond donors (Lipinski definition) is 1. The predicted octanol–water partition coefficient (Wildman–Crippen LogP) is 3.73. The van der Waals surface area contributed by atoms with Gasteiger partial charge in [0.25, 0.3) is 0 Å². The second-order valence-corrected chi connectivity index (χ2v) is 4.41. The van der Waals surface area contributed by atoms with Crippen molar-refractivity contribution in [2.75, 3.05) is 5.32 Å². The number of pyridine rings is 2. The van der Waals surface area contributed by atoms with E-state index in [-0.39, 0.29) is 11.4 Å². The molecule has 0 aliphatic rings. The van der Waals surface area contributed by atoms with Crippen LogP contribution < -0.4 is 5.32 Å². The van der Waals surface area contributed by atoms with Crippen LogP contribution in [0.15, 0.2) is 24.3 Å². The zero-order valence-corrected chi connectivity index (χ0v) is 11.3. The van der Waals surface area contributed by atoms with Crippen molar-refractivity contribution in [1.29, 1.82) is 5.26 Å². The lowest BCUT2D eigenvalue weighted by Gasteiger charge is -2.12. The third-order valence-electron chi connectivity index (χ3n) is 2.78. The molecule has 2 aromatic heterocycles. The SMILES string of the molecule is Cc1ccc(Nc2nc(C(F)(F)F)ccc2C#N)c(C)n1. The molecule has 21 heavy (non-hydrogen) atoms. The molecule has 2 heterocycles. The minimum Gasteiger partial charge on any atom is -0.338 e. The average molecular weight is 292 g/mol. The lowest BCUT2D eigenvalue weighted by molar-refractivity contribution is -0.141. The van der Waals surface area contributed by atoms with Crippen LogP contribution in [-0.2, 0) is 6.18 Å². The summed E-state index contributed by atoms with van der Waals surface area (Å²) in [4.78, 5) is 7.69. The van der Waals surface area contributed by atoms with E-state index in [1.165, 1.54) is 0 Å². The van der Waals surface area contributed by atoms with E-state index < -0.39 is 11.9 Å². The zero-order valence-electron chi connectivity index (χ0n) is 11.3. The number of rotatable bonds is 2. The molecule has 0 atom stereocenters. The molecule has 0 radical (unpaired) electrons. The quantitative estimate of drug-likeness (QED) is 0.916. The Labute approximate surface area is 119 Å². The summed E-state index contributed by atoms with van der Waals surface area (Å²) in [6.07, 6.45) is -4.56. The first-order valence-corrected chi connectivity index (χ1v) is 6.01. The van der Waals surface area contributed by atoms with E-state index in [2.05, 4.69) is 15.3 Å². The molecule has 0 saturated carbocycles. The van der Waals surface area contributed by atoms with Gasteiger partial charge in [0.2, 0.25) is 0 Å². The number of alkyl halides is 3. The Kier molecular flexibility index (Phi) is 3.80. The van der Waals surface area contributed by atoms with Gasteiger partial charge in [-0.1, -0.05) is 0 Å². The summed E-state index contributed by atoms with van der Waals surface area (Å²) >= 11 is 0. The first-order valence-electron chi connectivity index (χ1n) is 6.01. The van der Waals surface area contributed by atoms with Crippen molar-refractivity contribution in [3.8, 4) is 6.07 Å². The fourth-order valence-electron chi connectivity index (χ4n) is 1.75. The summed E-state index contributed by atoms with van der Waals surface area (Å²) in [6.45, 7) is 3.52. The van der Waals surface area contributed by atoms with Gasteiger partial charge in [-0.05, 0) is 38.1 Å². The van der Waals surface area contributed by atoms with Crippen LogP contribution in [0.25, 0.3) is 0 Å². The minimum absolute atomic E-state index is 0.0305. The summed E-state index contributed by atoms with van der Waals surface area (Å²) in [6, 6.07) is 7.09. The van der Waals surface area contributed by atoms with E-state index in [4.69, 9.17) is 5.26 Å². The monoisotopic (exact) mass is 292 g/mol. The van der Waals surface area contributed by atoms with Crippen molar-refractivity contribution in [3.63, 3.8) is 0 Å². The van der Waals surface area contributed by atoms with Gasteiger partial charge >= 0.3 is 6.18 Å². The molecule has 0 unspecified atom stereocenters. The fourth-order valence-corrected chi connectivity index (χ4v) is 1.75. The summed E-state index contributed by atoms with van der Waals surface area (Å²) in [5.74, 6) is -0.138. The fraction of sp³-hybridized carbons (Fsp3) is 0.214. The van der Waals surface area contributed by atoms with Gasteiger partial charge in [0.15, 0.2) is 0 Å². The first-order chi connectivity index (χ1) is 9.81. The number of nitriles is 1. The van der Waals surface area contributed by atoms with Crippen molar-refractivity contribution < 1.29 is 13.2 Å². The number of nitrogens with zero attached hydrogens (tertiary/aromatic N) is 3. The molecule has 2 rings (SSSR count). The normalized spacial score (nSPS) is 11.0. The van der Waals surface area contributed by atoms with Crippen LogP contribution in [0.4, 0.5) is 24.7 Å². The van der Waals surface area contributed by atoms with Gasteiger partial charge in [-0.15, -0.1) is 0 Å². The molecule has 0 aliphatic carbocycles. The standard InChI is InChI=1S/C14H11F3N4/c1-8-3-5-11(9(2)19-8)20-13-10(7-18)4-6-12(21-13)14(15,16)17/h3-6H,1-2H3,(H,20,21). The third kappa shape index (κ3) is 3.28. The first kappa shape index (κ1) is 14.8. The van der Waals surface area contributed by atoms with Crippen LogP contribution in [0.2, 0.25) is 0 Å². The van der Waals surface area contributed by atoms with E-state index >= 15 is 0 Å². The molecule has 0 amide bonds. The van der Waals surface area contributed by atoms with Gasteiger partial charge in [-0.2, -0.15) is 18.4 Å².